The molecule has 0 radical (unpaired) electrons. The van der Waals surface area contributed by atoms with E-state index in [0.717, 1.165) is 24.3 Å². The number of aliphatic hydroxyl groups is 2. The molecule has 226 valence electrons. The van der Waals surface area contributed by atoms with Crippen LogP contribution in [-0.2, 0) is 10.4 Å². The van der Waals surface area contributed by atoms with Crippen molar-refractivity contribution >= 4 is 0 Å². The number of hydrogen-bond acceptors (Lipinski definition) is 7. The van der Waals surface area contributed by atoms with E-state index in [2.05, 4.69) is 20.4 Å². The molecule has 5 rings (SSSR count). The molecule has 14 heteroatoms. The third-order valence-electron chi connectivity index (χ3n) is 6.73. The van der Waals surface area contributed by atoms with Crippen LogP contribution in [0.3, 0.4) is 0 Å². The maximum Gasteiger partial charge on any atom is 0.194 e. The molecule has 1 aliphatic rings. The number of nitrogens with zero attached hydrogens (tertiary/aromatic N) is 6. The Kier molecular flexibility index (Phi) is 9.09. The SMILES string of the molecule is CC.Cc1nc(C2CC(n3cc(-c4cc(F)c(F)c(F)c4)nn3)C(O)C(CO)O2)n(-c2cc(F)ccc2C(C)(C)F)n1. The average Bonchev–Trinajstić information content (AvgIpc) is 3.59. The number of benzene rings is 2. The zero-order valence-corrected chi connectivity index (χ0v) is 23.6. The van der Waals surface area contributed by atoms with Crippen LogP contribution < -0.4 is 0 Å². The Hall–Kier alpha value is -3.75. The molecule has 0 bridgehead atoms. The van der Waals surface area contributed by atoms with Crippen LogP contribution in [0.1, 0.15) is 63.5 Å². The summed E-state index contributed by atoms with van der Waals surface area (Å²) < 4.78 is 78.8. The number of aliphatic hydroxyl groups excluding tert-OH is 2. The Morgan fingerprint density at radius 3 is 2.36 bits per heavy atom. The second-order valence-electron chi connectivity index (χ2n) is 10.0. The van der Waals surface area contributed by atoms with Crippen molar-refractivity contribution in [3.8, 4) is 16.9 Å². The predicted molar refractivity (Wildman–Crippen MR) is 141 cm³/mol. The van der Waals surface area contributed by atoms with E-state index >= 15 is 4.39 Å². The molecule has 4 atom stereocenters. The van der Waals surface area contributed by atoms with Crippen molar-refractivity contribution in [2.45, 2.75) is 71.1 Å². The molecule has 1 saturated heterocycles. The normalized spacial score (nSPS) is 20.8. The van der Waals surface area contributed by atoms with Crippen molar-refractivity contribution < 1.29 is 36.9 Å². The summed E-state index contributed by atoms with van der Waals surface area (Å²) in [6.45, 7) is 7.63. The molecule has 1 aliphatic heterocycles. The summed E-state index contributed by atoms with van der Waals surface area (Å²) in [7, 11) is 0. The molecule has 1 fully saturated rings. The molecule has 0 amide bonds. The van der Waals surface area contributed by atoms with Crippen molar-refractivity contribution in [1.82, 2.24) is 29.8 Å². The highest BCUT2D eigenvalue weighted by molar-refractivity contribution is 5.58. The van der Waals surface area contributed by atoms with E-state index in [9.17, 15) is 27.8 Å². The topological polar surface area (TPSA) is 111 Å². The summed E-state index contributed by atoms with van der Waals surface area (Å²) in [6.07, 6.45) is -2.08. The van der Waals surface area contributed by atoms with Gasteiger partial charge in [0.1, 0.15) is 41.3 Å². The van der Waals surface area contributed by atoms with Gasteiger partial charge in [0.2, 0.25) is 0 Å². The van der Waals surface area contributed by atoms with Gasteiger partial charge in [0.05, 0.1) is 24.5 Å². The van der Waals surface area contributed by atoms with Gasteiger partial charge in [-0.25, -0.2) is 36.3 Å². The lowest BCUT2D eigenvalue weighted by atomic mass is 9.94. The highest BCUT2D eigenvalue weighted by Gasteiger charge is 2.42. The standard InChI is InChI=1S/C26H25F5N6O3.C2H6/c1-12-32-25(37(34-12)19-8-14(27)4-5-15(19)26(2,3)31)21-9-20(24(39)22(11-38)40-21)36-10-18(33-35-36)13-6-16(28)23(30)17(29)7-13;1-2/h4-8,10,20-22,24,38-39H,9,11H2,1-3H3;1-2H3. The smallest absolute Gasteiger partial charge is 0.194 e. The van der Waals surface area contributed by atoms with Gasteiger partial charge in [0.25, 0.3) is 0 Å². The van der Waals surface area contributed by atoms with Gasteiger partial charge >= 0.3 is 0 Å². The molecular formula is C28H31F5N6O3. The number of rotatable bonds is 6. The highest BCUT2D eigenvalue weighted by Crippen LogP contribution is 2.39. The van der Waals surface area contributed by atoms with Gasteiger partial charge in [-0.15, -0.1) is 5.10 Å². The van der Waals surface area contributed by atoms with Gasteiger partial charge < -0.3 is 14.9 Å². The first-order valence-corrected chi connectivity index (χ1v) is 13.3. The van der Waals surface area contributed by atoms with E-state index in [4.69, 9.17) is 4.74 Å². The highest BCUT2D eigenvalue weighted by atomic mass is 19.2. The summed E-state index contributed by atoms with van der Waals surface area (Å²) in [5, 5.41) is 33.1. The van der Waals surface area contributed by atoms with E-state index in [0.29, 0.717) is 0 Å². The second kappa shape index (κ2) is 12.2. The van der Waals surface area contributed by atoms with Crippen LogP contribution in [0.15, 0.2) is 36.5 Å². The van der Waals surface area contributed by atoms with Gasteiger partial charge in [0, 0.05) is 23.6 Å². The maximum atomic E-state index is 15.1. The third kappa shape index (κ3) is 6.05. The fraction of sp³-hybridized carbons (Fsp3) is 0.429. The van der Waals surface area contributed by atoms with E-state index in [1.165, 1.54) is 35.5 Å². The summed E-state index contributed by atoms with van der Waals surface area (Å²) in [4.78, 5) is 4.42. The fourth-order valence-electron chi connectivity index (χ4n) is 4.81. The molecule has 0 aliphatic carbocycles. The van der Waals surface area contributed by atoms with E-state index in [-0.39, 0.29) is 40.6 Å². The lowest BCUT2D eigenvalue weighted by Crippen LogP contribution is -2.45. The van der Waals surface area contributed by atoms with Crippen molar-refractivity contribution in [3.05, 3.63) is 77.0 Å². The van der Waals surface area contributed by atoms with E-state index in [1.807, 2.05) is 13.8 Å². The lowest BCUT2D eigenvalue weighted by molar-refractivity contribution is -0.161. The summed E-state index contributed by atoms with van der Waals surface area (Å²) in [5.41, 5.74) is -1.70. The minimum absolute atomic E-state index is 0.00202. The van der Waals surface area contributed by atoms with Crippen LogP contribution in [0.4, 0.5) is 22.0 Å². The van der Waals surface area contributed by atoms with Crippen LogP contribution >= 0.6 is 0 Å². The quantitative estimate of drug-likeness (QED) is 0.238. The minimum atomic E-state index is -1.86. The zero-order valence-electron chi connectivity index (χ0n) is 23.6. The summed E-state index contributed by atoms with van der Waals surface area (Å²) in [6, 6.07) is 4.21. The fourth-order valence-corrected chi connectivity index (χ4v) is 4.81. The Balaban J connectivity index is 0.00000198. The first-order valence-electron chi connectivity index (χ1n) is 13.3. The maximum absolute atomic E-state index is 15.1. The van der Waals surface area contributed by atoms with Gasteiger partial charge in [0.15, 0.2) is 23.3 Å². The molecule has 4 aromatic rings. The number of aryl methyl sites for hydroxylation is 1. The monoisotopic (exact) mass is 594 g/mol. The molecular weight excluding hydrogens is 563 g/mol. The molecule has 2 aromatic carbocycles. The third-order valence-corrected chi connectivity index (χ3v) is 6.73. The Morgan fingerprint density at radius 1 is 1.07 bits per heavy atom. The van der Waals surface area contributed by atoms with Gasteiger partial charge in [-0.2, -0.15) is 5.10 Å². The van der Waals surface area contributed by atoms with Crippen LogP contribution in [-0.4, -0.2) is 58.8 Å². The van der Waals surface area contributed by atoms with Crippen LogP contribution in [0, 0.1) is 30.2 Å². The molecule has 2 N–H and O–H groups in total. The van der Waals surface area contributed by atoms with Crippen molar-refractivity contribution in [3.63, 3.8) is 0 Å². The molecule has 0 saturated carbocycles. The van der Waals surface area contributed by atoms with Crippen molar-refractivity contribution in [1.29, 1.82) is 0 Å². The number of halogens is 5. The predicted octanol–water partition coefficient (Wildman–Crippen LogP) is 5.05. The zero-order chi connectivity index (χ0) is 30.9. The Labute approximate surface area is 238 Å². The molecule has 4 unspecified atom stereocenters. The molecule has 9 nitrogen and oxygen atoms in total. The first-order chi connectivity index (χ1) is 19.9. The van der Waals surface area contributed by atoms with E-state index < -0.39 is 59.9 Å². The summed E-state index contributed by atoms with van der Waals surface area (Å²) in [5.74, 6) is -4.62. The number of hydrogen-bond donors (Lipinski definition) is 2. The number of ether oxygens (including phenoxy) is 1. The van der Waals surface area contributed by atoms with Gasteiger partial charge in [-0.1, -0.05) is 25.1 Å². The van der Waals surface area contributed by atoms with E-state index in [1.54, 1.807) is 6.92 Å². The molecule has 2 aromatic heterocycles. The van der Waals surface area contributed by atoms with Crippen LogP contribution in [0.2, 0.25) is 0 Å². The number of alkyl halides is 1. The average molecular weight is 595 g/mol. The number of aromatic nitrogens is 6. The molecule has 3 heterocycles. The van der Waals surface area contributed by atoms with Crippen molar-refractivity contribution in [2.75, 3.05) is 6.61 Å². The van der Waals surface area contributed by atoms with Crippen LogP contribution in [0.5, 0.6) is 0 Å². The Bertz CT molecular complexity index is 1530. The van der Waals surface area contributed by atoms with Gasteiger partial charge in [-0.05, 0) is 39.0 Å². The van der Waals surface area contributed by atoms with Crippen LogP contribution in [0.25, 0.3) is 16.9 Å². The van der Waals surface area contributed by atoms with Gasteiger partial charge in [-0.3, -0.25) is 0 Å². The Morgan fingerprint density at radius 2 is 1.74 bits per heavy atom. The molecule has 42 heavy (non-hydrogen) atoms. The second-order valence-corrected chi connectivity index (χ2v) is 10.0. The minimum Gasteiger partial charge on any atom is -0.394 e. The largest absolute Gasteiger partial charge is 0.394 e. The lowest BCUT2D eigenvalue weighted by Gasteiger charge is -2.38. The summed E-state index contributed by atoms with van der Waals surface area (Å²) >= 11 is 0. The van der Waals surface area contributed by atoms with Crippen molar-refractivity contribution in [2.24, 2.45) is 0 Å². The first kappa shape index (κ1) is 31.2. The molecule has 0 spiro atoms.